The number of nitrogens with one attached hydrogen (secondary N) is 1. The van der Waals surface area contributed by atoms with E-state index in [1.165, 1.54) is 25.9 Å². The normalized spacial score (nSPS) is 21.4. The van der Waals surface area contributed by atoms with E-state index in [0.29, 0.717) is 18.0 Å². The van der Waals surface area contributed by atoms with Gasteiger partial charge in [-0.25, -0.2) is 0 Å². The van der Waals surface area contributed by atoms with Gasteiger partial charge in [-0.2, -0.15) is 0 Å². The quantitative estimate of drug-likeness (QED) is 0.746. The Morgan fingerprint density at radius 1 is 1.18 bits per heavy atom. The van der Waals surface area contributed by atoms with Gasteiger partial charge in [0, 0.05) is 18.1 Å². The molecule has 0 bridgehead atoms. The zero-order valence-corrected chi connectivity index (χ0v) is 11.9. The van der Waals surface area contributed by atoms with E-state index >= 15 is 0 Å². The second-order valence-electron chi connectivity index (χ2n) is 6.08. The molecule has 0 aromatic carbocycles. The predicted octanol–water partition coefficient (Wildman–Crippen LogP) is 1.86. The van der Waals surface area contributed by atoms with Gasteiger partial charge in [0.1, 0.15) is 0 Å². The van der Waals surface area contributed by atoms with Crippen LogP contribution in [0.1, 0.15) is 47.0 Å². The first kappa shape index (κ1) is 14.9. The van der Waals surface area contributed by atoms with Gasteiger partial charge in [0.2, 0.25) is 0 Å². The number of hydrogen-bond acceptors (Lipinski definition) is 3. The lowest BCUT2D eigenvalue weighted by atomic mass is 9.99. The SMILES string of the molecule is CC(C)CC(CO)NC1CCN(C(C)C)CC1. The van der Waals surface area contributed by atoms with Crippen LogP contribution in [0.5, 0.6) is 0 Å². The third-order valence-electron chi connectivity index (χ3n) is 3.71. The summed E-state index contributed by atoms with van der Waals surface area (Å²) in [6.45, 7) is 11.6. The molecule has 1 heterocycles. The average molecular weight is 242 g/mol. The van der Waals surface area contributed by atoms with E-state index in [1.807, 2.05) is 0 Å². The Kier molecular flexibility index (Phi) is 6.45. The monoisotopic (exact) mass is 242 g/mol. The van der Waals surface area contributed by atoms with Crippen molar-refractivity contribution in [2.45, 2.75) is 65.1 Å². The maximum Gasteiger partial charge on any atom is 0.0584 e. The van der Waals surface area contributed by atoms with Crippen molar-refractivity contribution in [2.24, 2.45) is 5.92 Å². The summed E-state index contributed by atoms with van der Waals surface area (Å²) < 4.78 is 0. The molecule has 1 saturated heterocycles. The topological polar surface area (TPSA) is 35.5 Å². The van der Waals surface area contributed by atoms with Crippen LogP contribution in [0.2, 0.25) is 0 Å². The molecule has 0 amide bonds. The van der Waals surface area contributed by atoms with Crippen molar-refractivity contribution in [2.75, 3.05) is 19.7 Å². The summed E-state index contributed by atoms with van der Waals surface area (Å²) in [7, 11) is 0. The molecule has 0 aromatic rings. The molecule has 1 aliphatic rings. The highest BCUT2D eigenvalue weighted by atomic mass is 16.3. The average Bonchev–Trinajstić information content (AvgIpc) is 2.28. The Hall–Kier alpha value is -0.120. The minimum Gasteiger partial charge on any atom is -0.395 e. The predicted molar refractivity (Wildman–Crippen MR) is 73.2 cm³/mol. The van der Waals surface area contributed by atoms with Gasteiger partial charge in [-0.05, 0) is 52.1 Å². The zero-order chi connectivity index (χ0) is 12.8. The lowest BCUT2D eigenvalue weighted by Crippen LogP contribution is -2.49. The first-order chi connectivity index (χ1) is 8.02. The molecule has 3 nitrogen and oxygen atoms in total. The summed E-state index contributed by atoms with van der Waals surface area (Å²) >= 11 is 0. The van der Waals surface area contributed by atoms with Crippen molar-refractivity contribution in [3.8, 4) is 0 Å². The Morgan fingerprint density at radius 3 is 2.18 bits per heavy atom. The van der Waals surface area contributed by atoms with Gasteiger partial charge >= 0.3 is 0 Å². The number of aliphatic hydroxyl groups excluding tert-OH is 1. The van der Waals surface area contributed by atoms with Crippen LogP contribution in [0, 0.1) is 5.92 Å². The van der Waals surface area contributed by atoms with Crippen molar-refractivity contribution in [3.05, 3.63) is 0 Å². The molecule has 0 aromatic heterocycles. The van der Waals surface area contributed by atoms with Gasteiger partial charge in [-0.1, -0.05) is 13.8 Å². The van der Waals surface area contributed by atoms with Crippen molar-refractivity contribution >= 4 is 0 Å². The molecule has 17 heavy (non-hydrogen) atoms. The number of hydrogen-bond donors (Lipinski definition) is 2. The van der Waals surface area contributed by atoms with Crippen LogP contribution < -0.4 is 5.32 Å². The summed E-state index contributed by atoms with van der Waals surface area (Å²) in [5.41, 5.74) is 0. The van der Waals surface area contributed by atoms with E-state index < -0.39 is 0 Å². The summed E-state index contributed by atoms with van der Waals surface area (Å²) in [4.78, 5) is 2.54. The standard InChI is InChI=1S/C14H30N2O/c1-11(2)9-14(10-17)15-13-5-7-16(8-6-13)12(3)4/h11-15,17H,5-10H2,1-4H3. The van der Waals surface area contributed by atoms with Crippen LogP contribution in [-0.2, 0) is 0 Å². The Morgan fingerprint density at radius 2 is 1.76 bits per heavy atom. The first-order valence-electron chi connectivity index (χ1n) is 7.13. The Bertz CT molecular complexity index is 198. The van der Waals surface area contributed by atoms with Crippen LogP contribution in [0.15, 0.2) is 0 Å². The highest BCUT2D eigenvalue weighted by Crippen LogP contribution is 2.15. The summed E-state index contributed by atoms with van der Waals surface area (Å²) in [6.07, 6.45) is 3.50. The zero-order valence-electron chi connectivity index (χ0n) is 11.9. The number of aliphatic hydroxyl groups is 1. The molecule has 1 fully saturated rings. The number of piperidine rings is 1. The van der Waals surface area contributed by atoms with Crippen molar-refractivity contribution in [3.63, 3.8) is 0 Å². The van der Waals surface area contributed by atoms with Crippen molar-refractivity contribution in [1.82, 2.24) is 10.2 Å². The Balaban J connectivity index is 2.28. The maximum atomic E-state index is 9.37. The van der Waals surface area contributed by atoms with E-state index in [-0.39, 0.29) is 12.6 Å². The van der Waals surface area contributed by atoms with Crippen molar-refractivity contribution < 1.29 is 5.11 Å². The second-order valence-corrected chi connectivity index (χ2v) is 6.08. The van der Waals surface area contributed by atoms with E-state index in [2.05, 4.69) is 37.9 Å². The maximum absolute atomic E-state index is 9.37. The smallest absolute Gasteiger partial charge is 0.0584 e. The van der Waals surface area contributed by atoms with Crippen molar-refractivity contribution in [1.29, 1.82) is 0 Å². The molecule has 0 aliphatic carbocycles. The minimum absolute atomic E-state index is 0.266. The van der Waals surface area contributed by atoms with E-state index in [0.717, 1.165) is 6.42 Å². The summed E-state index contributed by atoms with van der Waals surface area (Å²) in [5.74, 6) is 0.649. The molecule has 1 rings (SSSR count). The van der Waals surface area contributed by atoms with Crippen LogP contribution in [-0.4, -0.2) is 47.8 Å². The highest BCUT2D eigenvalue weighted by molar-refractivity contribution is 4.82. The molecule has 0 saturated carbocycles. The minimum atomic E-state index is 0.266. The molecule has 1 atom stereocenters. The van der Waals surface area contributed by atoms with Crippen LogP contribution in [0.4, 0.5) is 0 Å². The van der Waals surface area contributed by atoms with Gasteiger partial charge in [0.25, 0.3) is 0 Å². The van der Waals surface area contributed by atoms with Gasteiger partial charge in [0.05, 0.1) is 6.61 Å². The van der Waals surface area contributed by atoms with Crippen LogP contribution in [0.3, 0.4) is 0 Å². The molecule has 1 unspecified atom stereocenters. The van der Waals surface area contributed by atoms with Gasteiger partial charge in [0.15, 0.2) is 0 Å². The van der Waals surface area contributed by atoms with E-state index in [9.17, 15) is 5.11 Å². The Labute approximate surface area is 107 Å². The molecule has 102 valence electrons. The highest BCUT2D eigenvalue weighted by Gasteiger charge is 2.22. The van der Waals surface area contributed by atoms with Gasteiger partial charge in [-0.3, -0.25) is 0 Å². The molecule has 0 radical (unpaired) electrons. The lowest BCUT2D eigenvalue weighted by molar-refractivity contribution is 0.141. The molecule has 3 heteroatoms. The fraction of sp³-hybridized carbons (Fsp3) is 1.00. The lowest BCUT2D eigenvalue weighted by Gasteiger charge is -2.36. The molecule has 0 spiro atoms. The number of likely N-dealkylation sites (tertiary alicyclic amines) is 1. The first-order valence-corrected chi connectivity index (χ1v) is 7.13. The largest absolute Gasteiger partial charge is 0.395 e. The second kappa shape index (κ2) is 7.34. The van der Waals surface area contributed by atoms with Gasteiger partial charge < -0.3 is 15.3 Å². The molecular weight excluding hydrogens is 212 g/mol. The third kappa shape index (κ3) is 5.36. The fourth-order valence-electron chi connectivity index (χ4n) is 2.68. The number of nitrogens with zero attached hydrogens (tertiary/aromatic N) is 1. The number of rotatable bonds is 6. The molecule has 1 aliphatic heterocycles. The van der Waals surface area contributed by atoms with Crippen LogP contribution in [0.25, 0.3) is 0 Å². The van der Waals surface area contributed by atoms with Crippen LogP contribution >= 0.6 is 0 Å². The van der Waals surface area contributed by atoms with Gasteiger partial charge in [-0.15, -0.1) is 0 Å². The third-order valence-corrected chi connectivity index (χ3v) is 3.71. The fourth-order valence-corrected chi connectivity index (χ4v) is 2.68. The molecular formula is C14H30N2O. The summed E-state index contributed by atoms with van der Waals surface area (Å²) in [6, 6.07) is 1.55. The summed E-state index contributed by atoms with van der Waals surface area (Å²) in [5, 5.41) is 13.0. The van der Waals surface area contributed by atoms with E-state index in [4.69, 9.17) is 0 Å². The van der Waals surface area contributed by atoms with E-state index in [1.54, 1.807) is 0 Å². The molecule has 2 N–H and O–H groups in total.